The van der Waals surface area contributed by atoms with E-state index in [1.807, 2.05) is 6.07 Å². The molecule has 0 fully saturated rings. The molecular weight excluding hydrogens is 338 g/mol. The molecule has 2 N–H and O–H groups in total. The Morgan fingerprint density at radius 2 is 1.95 bits per heavy atom. The molecule has 6 nitrogen and oxygen atoms in total. The van der Waals surface area contributed by atoms with E-state index in [0.717, 1.165) is 0 Å². The van der Waals surface area contributed by atoms with Crippen LogP contribution in [0.25, 0.3) is 0 Å². The third-order valence-electron chi connectivity index (χ3n) is 2.55. The molecule has 0 saturated carbocycles. The van der Waals surface area contributed by atoms with Gasteiger partial charge in [-0.05, 0) is 46.3 Å². The van der Waals surface area contributed by atoms with Gasteiger partial charge in [-0.15, -0.1) is 0 Å². The number of nitrogens with zero attached hydrogens (tertiary/aromatic N) is 2. The van der Waals surface area contributed by atoms with Crippen LogP contribution in [0, 0.1) is 11.3 Å². The molecule has 104 valence electrons. The fourth-order valence-electron chi connectivity index (χ4n) is 1.55. The first-order valence-corrected chi connectivity index (χ1v) is 6.52. The number of benzene rings is 1. The molecular formula is C14H8BrN3O3. The molecule has 0 aliphatic heterocycles. The molecule has 21 heavy (non-hydrogen) atoms. The van der Waals surface area contributed by atoms with Crippen LogP contribution in [0.4, 0.5) is 5.69 Å². The van der Waals surface area contributed by atoms with E-state index >= 15 is 0 Å². The minimum Gasteiger partial charge on any atom is -0.477 e. The number of hydrogen-bond acceptors (Lipinski definition) is 4. The number of nitrogens with one attached hydrogen (secondary N) is 1. The van der Waals surface area contributed by atoms with Crippen molar-refractivity contribution in [2.24, 2.45) is 0 Å². The SMILES string of the molecule is N#Cc1ccc(NC(=O)c2cccc(C(=O)O)n2)c(Br)c1. The average Bonchev–Trinajstić information content (AvgIpc) is 2.49. The summed E-state index contributed by atoms with van der Waals surface area (Å²) in [5.41, 5.74) is 0.695. The number of anilines is 1. The van der Waals surface area contributed by atoms with Crippen molar-refractivity contribution in [1.82, 2.24) is 4.98 Å². The maximum absolute atomic E-state index is 12.0. The Kier molecular flexibility index (Phi) is 4.30. The molecule has 1 heterocycles. The predicted molar refractivity (Wildman–Crippen MR) is 78.0 cm³/mol. The number of carbonyl (C=O) groups excluding carboxylic acids is 1. The van der Waals surface area contributed by atoms with E-state index in [0.29, 0.717) is 15.7 Å². The Bertz CT molecular complexity index is 768. The highest BCUT2D eigenvalue weighted by Crippen LogP contribution is 2.23. The first-order chi connectivity index (χ1) is 10.0. The Hall–Kier alpha value is -2.72. The van der Waals surface area contributed by atoms with E-state index in [-0.39, 0.29) is 11.4 Å². The maximum atomic E-state index is 12.0. The number of amides is 1. The lowest BCUT2D eigenvalue weighted by Crippen LogP contribution is -2.15. The van der Waals surface area contributed by atoms with Crippen molar-refractivity contribution in [3.8, 4) is 6.07 Å². The molecule has 2 aromatic rings. The summed E-state index contributed by atoms with van der Waals surface area (Å²) in [4.78, 5) is 26.6. The maximum Gasteiger partial charge on any atom is 0.354 e. The second-order valence-corrected chi connectivity index (χ2v) is 4.83. The lowest BCUT2D eigenvalue weighted by molar-refractivity contribution is 0.0690. The highest BCUT2D eigenvalue weighted by molar-refractivity contribution is 9.10. The van der Waals surface area contributed by atoms with Gasteiger partial charge in [-0.25, -0.2) is 9.78 Å². The number of rotatable bonds is 3. The fourth-order valence-corrected chi connectivity index (χ4v) is 2.03. The van der Waals surface area contributed by atoms with Gasteiger partial charge in [0.1, 0.15) is 11.4 Å². The molecule has 1 amide bonds. The Labute approximate surface area is 128 Å². The van der Waals surface area contributed by atoms with Crippen molar-refractivity contribution in [1.29, 1.82) is 5.26 Å². The van der Waals surface area contributed by atoms with Gasteiger partial charge in [-0.2, -0.15) is 5.26 Å². The minimum atomic E-state index is -1.20. The van der Waals surface area contributed by atoms with Crippen molar-refractivity contribution >= 4 is 33.5 Å². The number of nitriles is 1. The van der Waals surface area contributed by atoms with Gasteiger partial charge in [0, 0.05) is 4.47 Å². The van der Waals surface area contributed by atoms with Crippen LogP contribution < -0.4 is 5.32 Å². The second-order valence-electron chi connectivity index (χ2n) is 3.97. The standard InChI is InChI=1S/C14H8BrN3O3/c15-9-6-8(7-16)4-5-10(9)18-13(19)11-2-1-3-12(17-11)14(20)21/h1-6H,(H,18,19)(H,20,21). The topological polar surface area (TPSA) is 103 Å². The lowest BCUT2D eigenvalue weighted by Gasteiger charge is -2.07. The van der Waals surface area contributed by atoms with Gasteiger partial charge in [0.15, 0.2) is 0 Å². The van der Waals surface area contributed by atoms with Crippen LogP contribution in [-0.2, 0) is 0 Å². The minimum absolute atomic E-state index is 0.00819. The van der Waals surface area contributed by atoms with Crippen LogP contribution in [0.2, 0.25) is 0 Å². The van der Waals surface area contributed by atoms with Crippen LogP contribution in [0.3, 0.4) is 0 Å². The van der Waals surface area contributed by atoms with Crippen molar-refractivity contribution in [3.05, 3.63) is 57.8 Å². The van der Waals surface area contributed by atoms with Crippen molar-refractivity contribution in [3.63, 3.8) is 0 Å². The molecule has 0 spiro atoms. The number of aromatic carboxylic acids is 1. The number of halogens is 1. The summed E-state index contributed by atoms with van der Waals surface area (Å²) >= 11 is 3.25. The zero-order chi connectivity index (χ0) is 15.4. The number of pyridine rings is 1. The van der Waals surface area contributed by atoms with E-state index in [4.69, 9.17) is 10.4 Å². The number of carboxylic acids is 1. The quantitative estimate of drug-likeness (QED) is 0.889. The van der Waals surface area contributed by atoms with Crippen LogP contribution in [-0.4, -0.2) is 22.0 Å². The van der Waals surface area contributed by atoms with Crippen LogP contribution in [0.5, 0.6) is 0 Å². The molecule has 2 rings (SSSR count). The number of aromatic nitrogens is 1. The monoisotopic (exact) mass is 345 g/mol. The van der Waals surface area contributed by atoms with E-state index < -0.39 is 11.9 Å². The predicted octanol–water partition coefficient (Wildman–Crippen LogP) is 2.67. The summed E-state index contributed by atoms with van der Waals surface area (Å²) in [6.07, 6.45) is 0. The number of hydrogen-bond donors (Lipinski definition) is 2. The van der Waals surface area contributed by atoms with E-state index in [1.54, 1.807) is 18.2 Å². The first-order valence-electron chi connectivity index (χ1n) is 5.72. The molecule has 0 radical (unpaired) electrons. The van der Waals surface area contributed by atoms with Gasteiger partial charge in [0.2, 0.25) is 0 Å². The normalized spacial score (nSPS) is 9.71. The molecule has 0 atom stereocenters. The fraction of sp³-hybridized carbons (Fsp3) is 0. The van der Waals surface area contributed by atoms with Gasteiger partial charge in [0.25, 0.3) is 5.91 Å². The summed E-state index contributed by atoms with van der Waals surface area (Å²) in [7, 11) is 0. The largest absolute Gasteiger partial charge is 0.477 e. The zero-order valence-electron chi connectivity index (χ0n) is 10.5. The lowest BCUT2D eigenvalue weighted by atomic mass is 10.2. The molecule has 0 unspecified atom stereocenters. The summed E-state index contributed by atoms with van der Waals surface area (Å²) in [6, 6.07) is 10.8. The van der Waals surface area contributed by atoms with Gasteiger partial charge in [-0.1, -0.05) is 6.07 Å². The molecule has 1 aromatic heterocycles. The van der Waals surface area contributed by atoms with Crippen molar-refractivity contribution < 1.29 is 14.7 Å². The Morgan fingerprint density at radius 1 is 1.24 bits per heavy atom. The molecule has 1 aromatic carbocycles. The number of carboxylic acid groups (broad SMARTS) is 1. The van der Waals surface area contributed by atoms with Gasteiger partial charge >= 0.3 is 5.97 Å². The van der Waals surface area contributed by atoms with Crippen LogP contribution in [0.1, 0.15) is 26.5 Å². The Balaban J connectivity index is 2.24. The van der Waals surface area contributed by atoms with Gasteiger partial charge < -0.3 is 10.4 Å². The van der Waals surface area contributed by atoms with Crippen LogP contribution >= 0.6 is 15.9 Å². The highest BCUT2D eigenvalue weighted by atomic mass is 79.9. The first kappa shape index (κ1) is 14.7. The van der Waals surface area contributed by atoms with Gasteiger partial charge in [0.05, 0.1) is 17.3 Å². The van der Waals surface area contributed by atoms with Crippen LogP contribution in [0.15, 0.2) is 40.9 Å². The summed E-state index contributed by atoms with van der Waals surface area (Å²) in [5.74, 6) is -1.74. The van der Waals surface area contributed by atoms with Gasteiger partial charge in [-0.3, -0.25) is 4.79 Å². The van der Waals surface area contributed by atoms with E-state index in [1.165, 1.54) is 18.2 Å². The summed E-state index contributed by atoms with van der Waals surface area (Å²) in [5, 5.41) is 20.2. The molecule has 0 saturated heterocycles. The zero-order valence-corrected chi connectivity index (χ0v) is 12.1. The third kappa shape index (κ3) is 3.43. The molecule has 0 aliphatic rings. The Morgan fingerprint density at radius 3 is 2.57 bits per heavy atom. The average molecular weight is 346 g/mol. The molecule has 0 aliphatic carbocycles. The summed E-state index contributed by atoms with van der Waals surface area (Å²) in [6.45, 7) is 0. The molecule has 7 heteroatoms. The third-order valence-corrected chi connectivity index (χ3v) is 3.20. The van der Waals surface area contributed by atoms with Crippen molar-refractivity contribution in [2.45, 2.75) is 0 Å². The second kappa shape index (κ2) is 6.15. The smallest absolute Gasteiger partial charge is 0.354 e. The summed E-state index contributed by atoms with van der Waals surface area (Å²) < 4.78 is 0.546. The van der Waals surface area contributed by atoms with E-state index in [2.05, 4.69) is 26.2 Å². The van der Waals surface area contributed by atoms with E-state index in [9.17, 15) is 9.59 Å². The van der Waals surface area contributed by atoms with Crippen molar-refractivity contribution in [2.75, 3.05) is 5.32 Å². The highest BCUT2D eigenvalue weighted by Gasteiger charge is 2.13. The number of carbonyl (C=O) groups is 2. The molecule has 0 bridgehead atoms.